The lowest BCUT2D eigenvalue weighted by molar-refractivity contribution is 0.593. The van der Waals surface area contributed by atoms with Gasteiger partial charge in [-0.1, -0.05) is 43.0 Å². The molecule has 4 nitrogen and oxygen atoms in total. The summed E-state index contributed by atoms with van der Waals surface area (Å²) < 4.78 is 25.6. The Balaban J connectivity index is 0.000000287. The summed E-state index contributed by atoms with van der Waals surface area (Å²) in [5, 5.41) is -0.434. The number of nitrogen functional groups attached to an aromatic ring is 1. The zero-order valence-electron chi connectivity index (χ0n) is 12.9. The Labute approximate surface area is 132 Å². The number of nitrogens with two attached hydrogens (primary N) is 1. The molecule has 0 aliphatic rings. The Morgan fingerprint density at radius 3 is 1.95 bits per heavy atom. The van der Waals surface area contributed by atoms with Crippen molar-refractivity contribution in [2.75, 3.05) is 10.5 Å². The Morgan fingerprint density at radius 1 is 1.05 bits per heavy atom. The minimum absolute atomic E-state index is 0.434. The predicted molar refractivity (Wildman–Crippen MR) is 95.1 cm³/mol. The van der Waals surface area contributed by atoms with Crippen molar-refractivity contribution in [1.82, 2.24) is 0 Å². The van der Waals surface area contributed by atoms with Gasteiger partial charge >= 0.3 is 0 Å². The van der Waals surface area contributed by atoms with E-state index in [0.717, 1.165) is 11.3 Å². The molecular weight excluding hydrogens is 296 g/mol. The van der Waals surface area contributed by atoms with Crippen molar-refractivity contribution in [3.8, 4) is 0 Å². The second-order valence-corrected chi connectivity index (χ2v) is 7.17. The average molecular weight is 318 g/mol. The van der Waals surface area contributed by atoms with Gasteiger partial charge in [-0.2, -0.15) is 0 Å². The van der Waals surface area contributed by atoms with Gasteiger partial charge in [-0.3, -0.25) is 4.72 Å². The highest BCUT2D eigenvalue weighted by atomic mass is 32.2. The quantitative estimate of drug-likeness (QED) is 0.843. The highest BCUT2D eigenvalue weighted by molar-refractivity contribution is 7.93. The Hall–Kier alpha value is -2.27. The first kappa shape index (κ1) is 17.8. The number of hydrogen-bond acceptors (Lipinski definition) is 3. The van der Waals surface area contributed by atoms with Crippen LogP contribution in [-0.2, 0) is 10.0 Å². The molecule has 5 heteroatoms. The molecule has 0 heterocycles. The highest BCUT2D eigenvalue weighted by Gasteiger charge is 2.14. The van der Waals surface area contributed by atoms with Gasteiger partial charge in [-0.05, 0) is 43.7 Å². The van der Waals surface area contributed by atoms with E-state index < -0.39 is 15.3 Å². The van der Waals surface area contributed by atoms with Crippen molar-refractivity contribution < 1.29 is 8.42 Å². The maximum atomic E-state index is 11.5. The number of para-hydroxylation sites is 1. The fraction of sp³-hybridized carbons (Fsp3) is 0.176. The van der Waals surface area contributed by atoms with Crippen LogP contribution >= 0.6 is 0 Å². The van der Waals surface area contributed by atoms with Crippen molar-refractivity contribution in [3.05, 3.63) is 66.7 Å². The van der Waals surface area contributed by atoms with Crippen LogP contribution in [0, 0.1) is 0 Å². The Bertz CT molecular complexity index is 678. The van der Waals surface area contributed by atoms with E-state index >= 15 is 0 Å². The van der Waals surface area contributed by atoms with Gasteiger partial charge in [0.2, 0.25) is 10.0 Å². The molecule has 22 heavy (non-hydrogen) atoms. The summed E-state index contributed by atoms with van der Waals surface area (Å²) in [7, 11) is -3.25. The summed E-state index contributed by atoms with van der Waals surface area (Å²) >= 11 is 0. The lowest BCUT2D eigenvalue weighted by atomic mass is 10.2. The summed E-state index contributed by atoms with van der Waals surface area (Å²) in [4.78, 5) is 0. The highest BCUT2D eigenvalue weighted by Crippen LogP contribution is 2.13. The molecule has 0 atom stereocenters. The average Bonchev–Trinajstić information content (AvgIpc) is 2.49. The summed E-state index contributed by atoms with van der Waals surface area (Å²) in [6, 6.07) is 16.5. The maximum absolute atomic E-state index is 11.5. The van der Waals surface area contributed by atoms with E-state index in [2.05, 4.69) is 11.3 Å². The van der Waals surface area contributed by atoms with Crippen molar-refractivity contribution in [3.63, 3.8) is 0 Å². The van der Waals surface area contributed by atoms with E-state index in [-0.39, 0.29) is 0 Å². The molecule has 0 unspecified atom stereocenters. The summed E-state index contributed by atoms with van der Waals surface area (Å²) in [6.45, 7) is 6.90. The summed E-state index contributed by atoms with van der Waals surface area (Å²) in [6.07, 6.45) is 1.71. The lowest BCUT2D eigenvalue weighted by Gasteiger charge is -2.10. The first-order chi connectivity index (χ1) is 10.3. The van der Waals surface area contributed by atoms with E-state index in [1.807, 2.05) is 42.5 Å². The van der Waals surface area contributed by atoms with E-state index in [1.165, 1.54) is 0 Å². The van der Waals surface area contributed by atoms with E-state index in [4.69, 9.17) is 5.73 Å². The number of hydrogen-bond donors (Lipinski definition) is 2. The molecule has 0 saturated carbocycles. The van der Waals surface area contributed by atoms with Crippen molar-refractivity contribution in [2.45, 2.75) is 19.1 Å². The van der Waals surface area contributed by atoms with Crippen LogP contribution < -0.4 is 10.5 Å². The van der Waals surface area contributed by atoms with Gasteiger partial charge < -0.3 is 5.73 Å². The number of sulfonamides is 1. The first-order valence-corrected chi connectivity index (χ1v) is 8.44. The maximum Gasteiger partial charge on any atom is 0.235 e. The second kappa shape index (κ2) is 8.24. The normalized spacial score (nSPS) is 10.5. The molecule has 0 aromatic heterocycles. The zero-order chi connectivity index (χ0) is 16.6. The van der Waals surface area contributed by atoms with Crippen LogP contribution in [0.1, 0.15) is 19.4 Å². The largest absolute Gasteiger partial charge is 0.399 e. The van der Waals surface area contributed by atoms with Gasteiger partial charge in [0, 0.05) is 11.4 Å². The predicted octanol–water partition coefficient (Wildman–Crippen LogP) is 3.75. The van der Waals surface area contributed by atoms with Crippen LogP contribution in [0.2, 0.25) is 0 Å². The molecule has 0 aliphatic heterocycles. The lowest BCUT2D eigenvalue weighted by Crippen LogP contribution is -2.22. The van der Waals surface area contributed by atoms with Crippen LogP contribution in [-0.4, -0.2) is 13.7 Å². The monoisotopic (exact) mass is 318 g/mol. The van der Waals surface area contributed by atoms with Gasteiger partial charge in [-0.15, -0.1) is 0 Å². The topological polar surface area (TPSA) is 72.2 Å². The second-order valence-electron chi connectivity index (χ2n) is 4.93. The smallest absolute Gasteiger partial charge is 0.235 e. The van der Waals surface area contributed by atoms with Gasteiger partial charge in [0.05, 0.1) is 5.25 Å². The van der Waals surface area contributed by atoms with Crippen molar-refractivity contribution in [1.29, 1.82) is 0 Å². The van der Waals surface area contributed by atoms with Crippen molar-refractivity contribution in [2.24, 2.45) is 0 Å². The third-order valence-electron chi connectivity index (χ3n) is 2.83. The third kappa shape index (κ3) is 6.01. The standard InChI is InChI=1S/C11H15NO2S.C6H7N/c1-4-10-5-7-11(8-6-10)12-15(13,14)9(2)3;7-6-4-2-1-3-5-6/h4-9,12H,1H2,2-3H3;1-5H,7H2. The molecule has 3 N–H and O–H groups in total. The minimum atomic E-state index is -3.25. The zero-order valence-corrected chi connectivity index (χ0v) is 13.7. The number of rotatable bonds is 4. The van der Waals surface area contributed by atoms with Gasteiger partial charge in [-0.25, -0.2) is 8.42 Å². The molecule has 0 amide bonds. The van der Waals surface area contributed by atoms with Crippen LogP contribution in [0.4, 0.5) is 11.4 Å². The SMILES string of the molecule is C=Cc1ccc(NS(=O)(=O)C(C)C)cc1.Nc1ccccc1. The van der Waals surface area contributed by atoms with Crippen molar-refractivity contribution >= 4 is 27.5 Å². The molecule has 0 spiro atoms. The fourth-order valence-corrected chi connectivity index (χ4v) is 2.12. The molecule has 0 fully saturated rings. The number of anilines is 2. The number of nitrogens with one attached hydrogen (secondary N) is 1. The molecule has 2 aromatic rings. The van der Waals surface area contributed by atoms with Gasteiger partial charge in [0.1, 0.15) is 0 Å². The summed E-state index contributed by atoms with van der Waals surface area (Å²) in [5.74, 6) is 0. The molecule has 0 saturated heterocycles. The molecule has 2 rings (SSSR count). The molecule has 118 valence electrons. The van der Waals surface area contributed by atoms with E-state index in [1.54, 1.807) is 32.1 Å². The minimum Gasteiger partial charge on any atom is -0.399 e. The summed E-state index contributed by atoms with van der Waals surface area (Å²) in [5.41, 5.74) is 7.72. The fourth-order valence-electron chi connectivity index (χ4n) is 1.42. The van der Waals surface area contributed by atoms with Crippen LogP contribution in [0.5, 0.6) is 0 Å². The Kier molecular flexibility index (Phi) is 6.66. The Morgan fingerprint density at radius 2 is 1.59 bits per heavy atom. The molecule has 0 aliphatic carbocycles. The first-order valence-electron chi connectivity index (χ1n) is 6.90. The van der Waals surface area contributed by atoms with Gasteiger partial charge in [0.25, 0.3) is 0 Å². The van der Waals surface area contributed by atoms with Crippen LogP contribution in [0.15, 0.2) is 61.2 Å². The van der Waals surface area contributed by atoms with E-state index in [9.17, 15) is 8.42 Å². The molecule has 2 aromatic carbocycles. The third-order valence-corrected chi connectivity index (χ3v) is 4.59. The van der Waals surface area contributed by atoms with Crippen LogP contribution in [0.25, 0.3) is 6.08 Å². The molecule has 0 bridgehead atoms. The molecule has 0 radical (unpaired) electrons. The van der Waals surface area contributed by atoms with E-state index in [0.29, 0.717) is 5.69 Å². The number of benzene rings is 2. The van der Waals surface area contributed by atoms with Gasteiger partial charge in [0.15, 0.2) is 0 Å². The molecular formula is C17H22N2O2S. The van der Waals surface area contributed by atoms with Crippen LogP contribution in [0.3, 0.4) is 0 Å².